The number of allylic oxidation sites excluding steroid dienone is 1. The SMILES string of the molecule is C=C(C)CC(=O)CCCCCCCCCCCOC(=O)CC(C)=O. The monoisotopic (exact) mass is 338 g/mol. The molecule has 0 spiro atoms. The maximum atomic E-state index is 11.5. The van der Waals surface area contributed by atoms with Gasteiger partial charge in [0.2, 0.25) is 0 Å². The largest absolute Gasteiger partial charge is 0.465 e. The number of carbonyl (C=O) groups excluding carboxylic acids is 3. The third-order valence-electron chi connectivity index (χ3n) is 3.76. The number of carbonyl (C=O) groups is 3. The van der Waals surface area contributed by atoms with E-state index in [1.807, 2.05) is 6.92 Å². The van der Waals surface area contributed by atoms with Crippen LogP contribution in [0.1, 0.15) is 90.9 Å². The van der Waals surface area contributed by atoms with Gasteiger partial charge in [-0.1, -0.05) is 57.1 Å². The van der Waals surface area contributed by atoms with Crippen molar-refractivity contribution in [2.24, 2.45) is 0 Å². The number of rotatable bonds is 16. The first-order valence-electron chi connectivity index (χ1n) is 9.23. The van der Waals surface area contributed by atoms with Crippen molar-refractivity contribution in [3.63, 3.8) is 0 Å². The van der Waals surface area contributed by atoms with Gasteiger partial charge in [0.05, 0.1) is 6.61 Å². The summed E-state index contributed by atoms with van der Waals surface area (Å²) in [5.41, 5.74) is 0.952. The van der Waals surface area contributed by atoms with Gasteiger partial charge < -0.3 is 4.74 Å². The van der Waals surface area contributed by atoms with Crippen molar-refractivity contribution in [1.29, 1.82) is 0 Å². The third kappa shape index (κ3) is 16.9. The second kappa shape index (κ2) is 15.1. The van der Waals surface area contributed by atoms with Gasteiger partial charge in [0.1, 0.15) is 18.0 Å². The molecule has 0 radical (unpaired) electrons. The van der Waals surface area contributed by atoms with Crippen LogP contribution in [0, 0.1) is 0 Å². The zero-order valence-electron chi connectivity index (χ0n) is 15.5. The minimum atomic E-state index is -0.413. The van der Waals surface area contributed by atoms with Crippen LogP contribution in [-0.4, -0.2) is 24.1 Å². The van der Waals surface area contributed by atoms with Crippen molar-refractivity contribution in [3.8, 4) is 0 Å². The molecule has 0 aliphatic heterocycles. The van der Waals surface area contributed by atoms with Gasteiger partial charge in [-0.15, -0.1) is 0 Å². The number of esters is 1. The van der Waals surface area contributed by atoms with Gasteiger partial charge in [0.15, 0.2) is 0 Å². The highest BCUT2D eigenvalue weighted by molar-refractivity contribution is 5.94. The summed E-state index contributed by atoms with van der Waals surface area (Å²) in [6.07, 6.45) is 11.2. The van der Waals surface area contributed by atoms with Crippen LogP contribution in [0.15, 0.2) is 12.2 Å². The van der Waals surface area contributed by atoms with E-state index in [1.165, 1.54) is 32.6 Å². The molecule has 0 aromatic heterocycles. The Kier molecular flexibility index (Phi) is 14.2. The maximum Gasteiger partial charge on any atom is 0.313 e. The van der Waals surface area contributed by atoms with Gasteiger partial charge in [-0.05, 0) is 26.7 Å². The number of hydrogen-bond acceptors (Lipinski definition) is 4. The number of hydrogen-bond donors (Lipinski definition) is 0. The summed E-state index contributed by atoms with van der Waals surface area (Å²) in [5, 5.41) is 0. The van der Waals surface area contributed by atoms with Crippen molar-refractivity contribution >= 4 is 17.5 Å². The Labute approximate surface area is 147 Å². The van der Waals surface area contributed by atoms with Crippen LogP contribution >= 0.6 is 0 Å². The lowest BCUT2D eigenvalue weighted by Crippen LogP contribution is -2.09. The van der Waals surface area contributed by atoms with Crippen LogP contribution in [0.2, 0.25) is 0 Å². The van der Waals surface area contributed by atoms with Crippen molar-refractivity contribution in [1.82, 2.24) is 0 Å². The summed E-state index contributed by atoms with van der Waals surface area (Å²) in [6.45, 7) is 7.47. The van der Waals surface area contributed by atoms with Gasteiger partial charge in [0, 0.05) is 12.8 Å². The molecule has 0 saturated heterocycles. The molecule has 0 fully saturated rings. The minimum absolute atomic E-state index is 0.112. The molecule has 4 heteroatoms. The molecule has 0 aliphatic rings. The summed E-state index contributed by atoms with van der Waals surface area (Å²) in [5.74, 6) is -0.254. The first-order chi connectivity index (χ1) is 11.4. The molecule has 138 valence electrons. The van der Waals surface area contributed by atoms with E-state index in [2.05, 4.69) is 6.58 Å². The zero-order valence-corrected chi connectivity index (χ0v) is 15.5. The van der Waals surface area contributed by atoms with E-state index in [4.69, 9.17) is 4.74 Å². The lowest BCUT2D eigenvalue weighted by Gasteiger charge is -2.04. The third-order valence-corrected chi connectivity index (χ3v) is 3.76. The van der Waals surface area contributed by atoms with Crippen molar-refractivity contribution in [3.05, 3.63) is 12.2 Å². The molecule has 0 saturated carbocycles. The molecule has 4 nitrogen and oxygen atoms in total. The van der Waals surface area contributed by atoms with E-state index in [-0.39, 0.29) is 12.2 Å². The maximum absolute atomic E-state index is 11.5. The topological polar surface area (TPSA) is 60.4 Å². The molecule has 0 unspecified atom stereocenters. The number of ether oxygens (including phenoxy) is 1. The van der Waals surface area contributed by atoms with Crippen LogP contribution in [-0.2, 0) is 19.1 Å². The predicted octanol–water partition coefficient (Wildman–Crippen LogP) is 4.95. The molecule has 0 aromatic carbocycles. The van der Waals surface area contributed by atoms with Crippen molar-refractivity contribution in [2.45, 2.75) is 90.9 Å². The Morgan fingerprint density at radius 3 is 1.75 bits per heavy atom. The zero-order chi connectivity index (χ0) is 18.2. The van der Waals surface area contributed by atoms with E-state index >= 15 is 0 Å². The molecule has 24 heavy (non-hydrogen) atoms. The van der Waals surface area contributed by atoms with Crippen molar-refractivity contribution in [2.75, 3.05) is 6.61 Å². The molecular formula is C20H34O4. The molecule has 0 amide bonds. The highest BCUT2D eigenvalue weighted by Crippen LogP contribution is 2.12. The molecule has 0 heterocycles. The quantitative estimate of drug-likeness (QED) is 0.173. The number of Topliss-reactive ketones (excluding diaryl/α,β-unsaturated/α-hetero) is 2. The van der Waals surface area contributed by atoms with E-state index in [0.29, 0.717) is 25.2 Å². The van der Waals surface area contributed by atoms with Gasteiger partial charge >= 0.3 is 5.97 Å². The summed E-state index contributed by atoms with van der Waals surface area (Å²) in [4.78, 5) is 33.3. The van der Waals surface area contributed by atoms with Crippen LogP contribution < -0.4 is 0 Å². The molecule has 0 bridgehead atoms. The number of ketones is 2. The molecular weight excluding hydrogens is 304 g/mol. The lowest BCUT2D eigenvalue weighted by molar-refractivity contribution is -0.145. The normalized spacial score (nSPS) is 10.4. The Hall–Kier alpha value is -1.45. The van der Waals surface area contributed by atoms with Crippen LogP contribution in [0.5, 0.6) is 0 Å². The fourth-order valence-electron chi connectivity index (χ4n) is 2.53. The lowest BCUT2D eigenvalue weighted by atomic mass is 10.0. The van der Waals surface area contributed by atoms with E-state index in [9.17, 15) is 14.4 Å². The summed E-state index contributed by atoms with van der Waals surface area (Å²) in [7, 11) is 0. The predicted molar refractivity (Wildman–Crippen MR) is 96.9 cm³/mol. The van der Waals surface area contributed by atoms with Crippen LogP contribution in [0.4, 0.5) is 0 Å². The molecule has 0 aromatic rings. The van der Waals surface area contributed by atoms with Gasteiger partial charge in [-0.3, -0.25) is 14.4 Å². The van der Waals surface area contributed by atoms with E-state index < -0.39 is 5.97 Å². The first-order valence-corrected chi connectivity index (χ1v) is 9.23. The van der Waals surface area contributed by atoms with Crippen LogP contribution in [0.3, 0.4) is 0 Å². The Bertz CT molecular complexity index is 360. The van der Waals surface area contributed by atoms with Gasteiger partial charge in [-0.2, -0.15) is 0 Å². The summed E-state index contributed by atoms with van der Waals surface area (Å²) in [6, 6.07) is 0. The molecule has 0 aliphatic carbocycles. The fraction of sp³-hybridized carbons (Fsp3) is 0.750. The Morgan fingerprint density at radius 2 is 1.25 bits per heavy atom. The second-order valence-electron chi connectivity index (χ2n) is 6.70. The van der Waals surface area contributed by atoms with E-state index in [1.54, 1.807) is 0 Å². The average molecular weight is 338 g/mol. The molecule has 0 atom stereocenters. The standard InChI is InChI=1S/C20H34O4/c1-17(2)15-19(22)13-11-9-7-5-4-6-8-10-12-14-24-20(23)16-18(3)21/h1,4-16H2,2-3H3. The highest BCUT2D eigenvalue weighted by Gasteiger charge is 2.05. The number of unbranched alkanes of at least 4 members (excludes halogenated alkanes) is 8. The first kappa shape index (κ1) is 22.6. The summed E-state index contributed by atoms with van der Waals surface area (Å²) < 4.78 is 4.98. The second-order valence-corrected chi connectivity index (χ2v) is 6.70. The average Bonchev–Trinajstić information content (AvgIpc) is 2.46. The molecule has 0 N–H and O–H groups in total. The minimum Gasteiger partial charge on any atom is -0.465 e. The summed E-state index contributed by atoms with van der Waals surface area (Å²) >= 11 is 0. The van der Waals surface area contributed by atoms with Gasteiger partial charge in [-0.25, -0.2) is 0 Å². The fourth-order valence-corrected chi connectivity index (χ4v) is 2.53. The Balaban J connectivity index is 3.23. The van der Waals surface area contributed by atoms with Crippen LogP contribution in [0.25, 0.3) is 0 Å². The Morgan fingerprint density at radius 1 is 0.750 bits per heavy atom. The van der Waals surface area contributed by atoms with Crippen molar-refractivity contribution < 1.29 is 19.1 Å². The molecule has 0 rings (SSSR count). The highest BCUT2D eigenvalue weighted by atomic mass is 16.5. The van der Waals surface area contributed by atoms with Gasteiger partial charge in [0.25, 0.3) is 0 Å². The smallest absolute Gasteiger partial charge is 0.313 e. The van der Waals surface area contributed by atoms with E-state index in [0.717, 1.165) is 37.7 Å².